The van der Waals surface area contributed by atoms with Gasteiger partial charge in [0.15, 0.2) is 0 Å². The molecule has 1 aliphatic rings. The van der Waals surface area contributed by atoms with Gasteiger partial charge in [-0.2, -0.15) is 0 Å². The molecule has 1 amide bonds. The van der Waals surface area contributed by atoms with Gasteiger partial charge in [0.1, 0.15) is 17.5 Å². The minimum absolute atomic E-state index is 0.0519. The summed E-state index contributed by atoms with van der Waals surface area (Å²) < 4.78 is 1.40. The summed E-state index contributed by atoms with van der Waals surface area (Å²) in [4.78, 5) is 28.3. The molecule has 2 aromatic rings. The highest BCUT2D eigenvalue weighted by molar-refractivity contribution is 6.29. The molecule has 0 spiro atoms. The summed E-state index contributed by atoms with van der Waals surface area (Å²) in [6.07, 6.45) is 1.96. The molecule has 0 unspecified atom stereocenters. The highest BCUT2D eigenvalue weighted by Gasteiger charge is 2.29. The van der Waals surface area contributed by atoms with Gasteiger partial charge in [-0.05, 0) is 25.0 Å². The number of benzene rings is 1. The Morgan fingerprint density at radius 2 is 2.05 bits per heavy atom. The van der Waals surface area contributed by atoms with Crippen molar-refractivity contribution in [3.05, 3.63) is 57.7 Å². The zero-order valence-corrected chi connectivity index (χ0v) is 12.0. The van der Waals surface area contributed by atoms with Crippen LogP contribution in [0.4, 0.5) is 5.69 Å². The van der Waals surface area contributed by atoms with Gasteiger partial charge in [-0.1, -0.05) is 29.8 Å². The van der Waals surface area contributed by atoms with E-state index in [4.69, 9.17) is 11.6 Å². The second-order valence-corrected chi connectivity index (χ2v) is 5.44. The van der Waals surface area contributed by atoms with Gasteiger partial charge in [0, 0.05) is 17.7 Å². The lowest BCUT2D eigenvalue weighted by atomic mass is 10.3. The molecule has 0 radical (unpaired) electrons. The van der Waals surface area contributed by atoms with E-state index in [1.54, 1.807) is 12.1 Å². The number of amides is 1. The van der Waals surface area contributed by atoms with Gasteiger partial charge in [0.25, 0.3) is 5.56 Å². The van der Waals surface area contributed by atoms with Crippen LogP contribution in [0.1, 0.15) is 24.6 Å². The Bertz CT molecular complexity index is 723. The van der Waals surface area contributed by atoms with Crippen LogP contribution in [0.25, 0.3) is 0 Å². The number of hydrogen-bond donors (Lipinski definition) is 1. The third-order valence-electron chi connectivity index (χ3n) is 3.31. The molecule has 1 aromatic carbocycles. The molecule has 1 fully saturated rings. The topological polar surface area (TPSA) is 64.0 Å². The lowest BCUT2D eigenvalue weighted by Gasteiger charge is -2.11. The second-order valence-electron chi connectivity index (χ2n) is 5.05. The highest BCUT2D eigenvalue weighted by Crippen LogP contribution is 2.38. The number of nitrogens with one attached hydrogen (secondary N) is 1. The first-order chi connectivity index (χ1) is 10.1. The van der Waals surface area contributed by atoms with Gasteiger partial charge in [0.2, 0.25) is 5.91 Å². The molecule has 3 rings (SSSR count). The van der Waals surface area contributed by atoms with Gasteiger partial charge < -0.3 is 5.32 Å². The summed E-state index contributed by atoms with van der Waals surface area (Å²) in [5.41, 5.74) is 0.408. The summed E-state index contributed by atoms with van der Waals surface area (Å²) in [6.45, 7) is -0.0519. The minimum Gasteiger partial charge on any atom is -0.325 e. The molecule has 21 heavy (non-hydrogen) atoms. The summed E-state index contributed by atoms with van der Waals surface area (Å²) in [5, 5.41) is 2.94. The summed E-state index contributed by atoms with van der Waals surface area (Å²) in [5.74, 6) is 0.589. The first kappa shape index (κ1) is 13.8. The van der Waals surface area contributed by atoms with Gasteiger partial charge in [0.05, 0.1) is 0 Å². The maximum atomic E-state index is 12.1. The van der Waals surface area contributed by atoms with Crippen molar-refractivity contribution in [2.45, 2.75) is 25.3 Å². The predicted octanol–water partition coefficient (Wildman–Crippen LogP) is 2.41. The maximum Gasteiger partial charge on any atom is 0.255 e. The number of carbonyl (C=O) groups excluding carboxylic acids is 1. The number of halogens is 1. The van der Waals surface area contributed by atoms with Crippen molar-refractivity contribution in [3.63, 3.8) is 0 Å². The van der Waals surface area contributed by atoms with Gasteiger partial charge >= 0.3 is 0 Å². The number of nitrogens with zero attached hydrogens (tertiary/aromatic N) is 2. The SMILES string of the molecule is O=C(Cn1c(C2CC2)nc(Cl)cc1=O)Nc1ccccc1. The molecule has 6 heteroatoms. The fourth-order valence-corrected chi connectivity index (χ4v) is 2.35. The first-order valence-corrected chi connectivity index (χ1v) is 7.13. The smallest absolute Gasteiger partial charge is 0.255 e. The van der Waals surface area contributed by atoms with Crippen molar-refractivity contribution >= 4 is 23.2 Å². The molecular formula is C15H14ClN3O2. The van der Waals surface area contributed by atoms with E-state index in [0.717, 1.165) is 12.8 Å². The zero-order chi connectivity index (χ0) is 14.8. The van der Waals surface area contributed by atoms with Gasteiger partial charge in [-0.3, -0.25) is 14.2 Å². The molecule has 0 aliphatic heterocycles. The molecular weight excluding hydrogens is 290 g/mol. The lowest BCUT2D eigenvalue weighted by molar-refractivity contribution is -0.116. The van der Waals surface area contributed by atoms with Crippen molar-refractivity contribution in [1.29, 1.82) is 0 Å². The van der Waals surface area contributed by atoms with Crippen LogP contribution in [0.5, 0.6) is 0 Å². The molecule has 1 heterocycles. The van der Waals surface area contributed by atoms with E-state index < -0.39 is 0 Å². The van der Waals surface area contributed by atoms with Crippen LogP contribution in [0.2, 0.25) is 5.15 Å². The minimum atomic E-state index is -0.292. The molecule has 0 saturated heterocycles. The number of rotatable bonds is 4. The van der Waals surface area contributed by atoms with Gasteiger partial charge in [-0.15, -0.1) is 0 Å². The van der Waals surface area contributed by atoms with E-state index in [1.165, 1.54) is 10.6 Å². The molecule has 1 aliphatic carbocycles. The summed E-state index contributed by atoms with van der Waals surface area (Å²) in [7, 11) is 0. The van der Waals surface area contributed by atoms with E-state index in [-0.39, 0.29) is 29.1 Å². The molecule has 1 N–H and O–H groups in total. The fourth-order valence-electron chi connectivity index (χ4n) is 2.17. The third kappa shape index (κ3) is 3.31. The Labute approximate surface area is 126 Å². The predicted molar refractivity (Wildman–Crippen MR) is 80.6 cm³/mol. The average molecular weight is 304 g/mol. The third-order valence-corrected chi connectivity index (χ3v) is 3.50. The Balaban J connectivity index is 1.81. The van der Waals surface area contributed by atoms with Gasteiger partial charge in [-0.25, -0.2) is 4.98 Å². The average Bonchev–Trinajstić information content (AvgIpc) is 3.27. The molecule has 0 atom stereocenters. The number of anilines is 1. The van der Waals surface area contributed by atoms with Crippen LogP contribution in [0.15, 0.2) is 41.2 Å². The van der Waals surface area contributed by atoms with E-state index in [0.29, 0.717) is 11.5 Å². The quantitative estimate of drug-likeness (QED) is 0.882. The largest absolute Gasteiger partial charge is 0.325 e. The number of hydrogen-bond acceptors (Lipinski definition) is 3. The summed E-state index contributed by atoms with van der Waals surface area (Å²) >= 11 is 5.84. The van der Waals surface area contributed by atoms with Crippen molar-refractivity contribution in [3.8, 4) is 0 Å². The molecule has 5 nitrogen and oxygen atoms in total. The zero-order valence-electron chi connectivity index (χ0n) is 11.3. The van der Waals surface area contributed by atoms with E-state index in [1.807, 2.05) is 18.2 Å². The Hall–Kier alpha value is -2.14. The monoisotopic (exact) mass is 303 g/mol. The molecule has 0 bridgehead atoms. The van der Waals surface area contributed by atoms with E-state index >= 15 is 0 Å². The summed E-state index contributed by atoms with van der Waals surface area (Å²) in [6, 6.07) is 10.4. The normalized spacial score (nSPS) is 14.0. The number of aromatic nitrogens is 2. The lowest BCUT2D eigenvalue weighted by Crippen LogP contribution is -2.30. The Kier molecular flexibility index (Phi) is 3.75. The van der Waals surface area contributed by atoms with E-state index in [9.17, 15) is 9.59 Å². The second kappa shape index (κ2) is 5.69. The number of para-hydroxylation sites is 1. The van der Waals surface area contributed by atoms with Crippen LogP contribution in [0.3, 0.4) is 0 Å². The number of carbonyl (C=O) groups is 1. The van der Waals surface area contributed by atoms with Crippen LogP contribution in [-0.4, -0.2) is 15.5 Å². The van der Waals surface area contributed by atoms with Crippen LogP contribution < -0.4 is 10.9 Å². The van der Waals surface area contributed by atoms with Crippen molar-refractivity contribution in [2.75, 3.05) is 5.32 Å². The Morgan fingerprint density at radius 1 is 1.33 bits per heavy atom. The standard InChI is InChI=1S/C15H14ClN3O2/c16-12-8-14(21)19(15(18-12)10-6-7-10)9-13(20)17-11-4-2-1-3-5-11/h1-5,8,10H,6-7,9H2,(H,17,20). The fraction of sp³-hybridized carbons (Fsp3) is 0.267. The van der Waals surface area contributed by atoms with Crippen LogP contribution in [-0.2, 0) is 11.3 Å². The molecule has 1 aromatic heterocycles. The van der Waals surface area contributed by atoms with Crippen molar-refractivity contribution < 1.29 is 4.79 Å². The molecule has 1 saturated carbocycles. The molecule has 108 valence electrons. The highest BCUT2D eigenvalue weighted by atomic mass is 35.5. The van der Waals surface area contributed by atoms with Crippen LogP contribution >= 0.6 is 11.6 Å². The van der Waals surface area contributed by atoms with E-state index in [2.05, 4.69) is 10.3 Å². The Morgan fingerprint density at radius 3 is 2.71 bits per heavy atom. The maximum absolute atomic E-state index is 12.1. The first-order valence-electron chi connectivity index (χ1n) is 6.75. The van der Waals surface area contributed by atoms with Crippen LogP contribution in [0, 0.1) is 0 Å². The van der Waals surface area contributed by atoms with Crippen molar-refractivity contribution in [2.24, 2.45) is 0 Å². The van der Waals surface area contributed by atoms with Crippen molar-refractivity contribution in [1.82, 2.24) is 9.55 Å².